The van der Waals surface area contributed by atoms with Gasteiger partial charge in [-0.3, -0.25) is 0 Å². The summed E-state index contributed by atoms with van der Waals surface area (Å²) in [5, 5.41) is 52.8. The minimum Gasteiger partial charge on any atom is -0.550 e. The molecule has 12 rings (SSSR count). The minimum absolute atomic E-state index is 0. The molecule has 12 aromatic carbocycles. The number of anilines is 4. The zero-order valence-corrected chi connectivity index (χ0v) is 88.6. The maximum atomic E-state index is 10.4. The van der Waals surface area contributed by atoms with Crippen LogP contribution in [-0.2, 0) is 71.0 Å². The second kappa shape index (κ2) is 59.9. The van der Waals surface area contributed by atoms with Crippen molar-refractivity contribution in [1.29, 1.82) is 0 Å². The van der Waals surface area contributed by atoms with Crippen LogP contribution in [0.25, 0.3) is 10.6 Å². The van der Waals surface area contributed by atoms with Gasteiger partial charge >= 0.3 is 73.7 Å². The molecule has 0 aliphatic rings. The third kappa shape index (κ3) is 37.8. The second-order valence-electron chi connectivity index (χ2n) is 37.4. The molecular formula is C118H144Lu2N10O8. The molecule has 20 heteroatoms. The molecule has 0 saturated heterocycles. The van der Waals surface area contributed by atoms with Crippen LogP contribution in [0.5, 0.6) is 0 Å². The Bertz CT molecular complexity index is 5110. The van der Waals surface area contributed by atoms with E-state index in [-0.39, 0.29) is 99.4 Å². The average molecular weight is 2180 g/mol. The van der Waals surface area contributed by atoms with Crippen LogP contribution in [0.3, 0.4) is 0 Å². The van der Waals surface area contributed by atoms with E-state index in [9.17, 15) is 39.6 Å². The number of hydrogen-bond acceptors (Lipinski definition) is 14. The summed E-state index contributed by atoms with van der Waals surface area (Å²) < 4.78 is 0. The number of benzene rings is 12. The van der Waals surface area contributed by atoms with E-state index < -0.39 is 23.9 Å². The molecule has 0 spiro atoms. The number of carboxylic acids is 4. The fourth-order valence-electron chi connectivity index (χ4n) is 15.9. The van der Waals surface area contributed by atoms with Gasteiger partial charge in [0.25, 0.3) is 0 Å². The van der Waals surface area contributed by atoms with Crippen molar-refractivity contribution in [2.75, 3.05) is 76.0 Å². The van der Waals surface area contributed by atoms with Gasteiger partial charge in [0.1, 0.15) is 0 Å². The van der Waals surface area contributed by atoms with E-state index in [2.05, 4.69) is 315 Å². The Morgan fingerprint density at radius 1 is 0.239 bits per heavy atom. The van der Waals surface area contributed by atoms with Crippen LogP contribution in [0.2, 0.25) is 0 Å². The Labute approximate surface area is 883 Å². The number of carboxylic acid groups (broad SMARTS) is 4. The molecule has 0 N–H and O–H groups in total. The van der Waals surface area contributed by atoms with Crippen LogP contribution in [0.4, 0.5) is 45.5 Å². The smallest absolute Gasteiger partial charge is 0.550 e. The SMILES string of the molecule is CC(C)c1cccc(C(C)C)c1N=C([N-]c1c(C(C)C)cccc1C(C)C)N(Cc1ccccc1)Cc1ccccc1.CC(C)c1cccc(C(C)C)c1N=C([N-]c1c(C(C)C)cccc1C(C)C)N(Cc1ccccc1)Cc1ccccc1.CN(C)c1ccccc1CC(=O)[O-].CN(C)c1ccccc1CC(=O)[O-].CN(C)c1ccccc1CC(=O)[O-].CN(C)c1ccccc1CC(=O)[O-].[Lu+3].[Lu+3]. The largest absolute Gasteiger partial charge is 3.00 e. The summed E-state index contributed by atoms with van der Waals surface area (Å²) in [6.45, 7) is 38.9. The van der Waals surface area contributed by atoms with Gasteiger partial charge in [-0.15, -0.1) is 0 Å². The van der Waals surface area contributed by atoms with E-state index in [1.807, 2.05) is 149 Å². The molecule has 12 aromatic rings. The topological polar surface area (TPSA) is 233 Å². The monoisotopic (exact) mass is 2180 g/mol. The van der Waals surface area contributed by atoms with E-state index in [1.54, 1.807) is 24.3 Å². The quantitative estimate of drug-likeness (QED) is 0.0282. The van der Waals surface area contributed by atoms with E-state index in [0.717, 1.165) is 79.7 Å². The first-order valence-corrected chi connectivity index (χ1v) is 47.3. The standard InChI is InChI=1S/2C39H48N3.4C10H13NO2.2Lu/c2*1-27(2)33-21-15-22-34(28(3)4)37(33)40-39(41-38-35(29(5)6)23-16-24-36(38)30(7)8)42(25-31-17-11-9-12-18-31)26-32-19-13-10-14-20-32;4*1-11(2)9-6-4-3-5-8(9)7-10(12)13;;/h2*9-24,27-30H,25-26H2,1-8H3;4*3-6H,7H2,1-2H3,(H,12,13);;/q2*-1;;;;;2*+3/p-4. The zero-order chi connectivity index (χ0) is 99.8. The van der Waals surface area contributed by atoms with Crippen molar-refractivity contribution in [3.05, 3.63) is 391 Å². The minimum atomic E-state index is -1.05. The third-order valence-electron chi connectivity index (χ3n) is 22.9. The number of guanidine groups is 2. The number of aliphatic carboxylic acids is 4. The zero-order valence-electron chi connectivity index (χ0n) is 85.2. The van der Waals surface area contributed by atoms with Crippen molar-refractivity contribution in [3.8, 4) is 0 Å². The van der Waals surface area contributed by atoms with E-state index in [1.165, 1.54) is 66.8 Å². The number of nitrogens with zero attached hydrogens (tertiary/aromatic N) is 10. The Kier molecular flexibility index (Phi) is 50.9. The molecule has 0 fully saturated rings. The van der Waals surface area contributed by atoms with E-state index in [4.69, 9.17) is 20.6 Å². The number of rotatable bonds is 32. The molecule has 0 unspecified atom stereocenters. The first-order chi connectivity index (χ1) is 64.7. The van der Waals surface area contributed by atoms with Crippen LogP contribution in [0.15, 0.2) is 301 Å². The summed E-state index contributed by atoms with van der Waals surface area (Å²) in [4.78, 5) is 65.0. The van der Waals surface area contributed by atoms with Gasteiger partial charge in [0, 0.05) is 141 Å². The molecule has 0 aromatic heterocycles. The molecule has 744 valence electrons. The second-order valence-corrected chi connectivity index (χ2v) is 37.4. The van der Waals surface area contributed by atoms with Crippen LogP contribution in [0.1, 0.15) is 247 Å². The molecular weight excluding hydrogens is 2040 g/mol. The van der Waals surface area contributed by atoms with Crippen LogP contribution in [-0.4, -0.2) is 102 Å². The van der Waals surface area contributed by atoms with Crippen LogP contribution >= 0.6 is 0 Å². The van der Waals surface area contributed by atoms with Crippen LogP contribution < -0.4 is 40.0 Å². The average Bonchev–Trinajstić information content (AvgIpc) is 0.802. The fourth-order valence-corrected chi connectivity index (χ4v) is 15.9. The Balaban J connectivity index is 0.000000320. The summed E-state index contributed by atoms with van der Waals surface area (Å²) in [6.07, 6.45) is -0.134. The summed E-state index contributed by atoms with van der Waals surface area (Å²) in [7, 11) is 15.1. The van der Waals surface area contributed by atoms with Gasteiger partial charge in [-0.25, -0.2) is 0 Å². The molecule has 18 nitrogen and oxygen atoms in total. The van der Waals surface area contributed by atoms with Gasteiger partial charge in [0.2, 0.25) is 0 Å². The summed E-state index contributed by atoms with van der Waals surface area (Å²) in [6, 6.07) is 98.8. The van der Waals surface area contributed by atoms with Crippen molar-refractivity contribution >= 4 is 81.3 Å². The fraction of sp³-hybridized carbons (Fsp3) is 0.339. The van der Waals surface area contributed by atoms with Crippen molar-refractivity contribution < 1.29 is 113 Å². The molecule has 0 heterocycles. The predicted molar refractivity (Wildman–Crippen MR) is 561 cm³/mol. The van der Waals surface area contributed by atoms with Gasteiger partial charge in [-0.1, -0.05) is 378 Å². The third-order valence-corrected chi connectivity index (χ3v) is 22.9. The molecule has 0 bridgehead atoms. The van der Waals surface area contributed by atoms with Crippen molar-refractivity contribution in [2.45, 2.75) is 210 Å². The van der Waals surface area contributed by atoms with Gasteiger partial charge < -0.3 is 89.6 Å². The maximum absolute atomic E-state index is 10.4. The molecule has 138 heavy (non-hydrogen) atoms. The van der Waals surface area contributed by atoms with Gasteiger partial charge in [-0.05, 0) is 210 Å². The van der Waals surface area contributed by atoms with Crippen molar-refractivity contribution in [3.63, 3.8) is 0 Å². The maximum Gasteiger partial charge on any atom is 3.00 e. The molecule has 0 amide bonds. The summed E-state index contributed by atoms with van der Waals surface area (Å²) in [5.41, 5.74) is 26.1. The Morgan fingerprint density at radius 3 is 0.572 bits per heavy atom. The van der Waals surface area contributed by atoms with Crippen LogP contribution in [0, 0.1) is 73.7 Å². The van der Waals surface area contributed by atoms with E-state index >= 15 is 0 Å². The van der Waals surface area contributed by atoms with Crippen molar-refractivity contribution in [1.82, 2.24) is 9.80 Å². The number of hydrogen-bond donors (Lipinski definition) is 0. The normalized spacial score (nSPS) is 11.0. The van der Waals surface area contributed by atoms with E-state index in [0.29, 0.717) is 73.5 Å². The number of para-hydroxylation sites is 8. The Hall–Kier alpha value is -11.3. The number of carbonyl (C=O) groups is 4. The summed E-state index contributed by atoms with van der Waals surface area (Å²) >= 11 is 0. The van der Waals surface area contributed by atoms with Gasteiger partial charge in [-0.2, -0.15) is 0 Å². The van der Waals surface area contributed by atoms with Gasteiger partial charge in [0.05, 0.1) is 0 Å². The molecule has 0 atom stereocenters. The molecule has 0 saturated carbocycles. The summed E-state index contributed by atoms with van der Waals surface area (Å²) in [5.74, 6) is 0.0641. The number of aliphatic imine (C=N–C) groups is 2. The molecule has 0 aliphatic heterocycles. The first-order valence-electron chi connectivity index (χ1n) is 47.3. The molecule has 0 aliphatic carbocycles. The van der Waals surface area contributed by atoms with Crippen molar-refractivity contribution in [2.24, 2.45) is 9.98 Å². The number of carbonyl (C=O) groups excluding carboxylic acids is 4. The predicted octanol–water partition coefficient (Wildman–Crippen LogP) is 23.3. The molecule has 0 radical (unpaired) electrons. The van der Waals surface area contributed by atoms with Gasteiger partial charge in [0.15, 0.2) is 0 Å². The Morgan fingerprint density at radius 2 is 0.406 bits per heavy atom. The first kappa shape index (κ1) is 117.